The van der Waals surface area contributed by atoms with E-state index in [-0.39, 0.29) is 12.1 Å². The minimum absolute atomic E-state index is 0.281. The molecule has 4 N–H and O–H groups in total. The second kappa shape index (κ2) is 28.5. The zero-order valence-electron chi connectivity index (χ0n) is 62.4. The van der Waals surface area contributed by atoms with Crippen LogP contribution < -0.4 is 53.0 Å². The molecule has 1 saturated carbocycles. The number of hydrogen-bond donors (Lipinski definition) is 2. The average Bonchev–Trinajstić information content (AvgIpc) is 1.50. The van der Waals surface area contributed by atoms with Crippen molar-refractivity contribution < 1.29 is 13.3 Å². The van der Waals surface area contributed by atoms with Gasteiger partial charge in [-0.2, -0.15) is 0 Å². The van der Waals surface area contributed by atoms with Gasteiger partial charge in [-0.15, -0.1) is 0 Å². The lowest BCUT2D eigenvalue weighted by Gasteiger charge is -2.36. The highest BCUT2D eigenvalue weighted by atomic mass is 79.9. The molecule has 23 rings (SSSR count). The lowest BCUT2D eigenvalue weighted by atomic mass is 9.92. The summed E-state index contributed by atoms with van der Waals surface area (Å²) in [5.74, 6) is 0. The highest BCUT2D eigenvalue weighted by Gasteiger charge is 2.48. The molecule has 0 amide bonds. The Kier molecular flexibility index (Phi) is 17.4. The molecule has 5 heterocycles. The summed E-state index contributed by atoms with van der Waals surface area (Å²) in [5, 5.41) is 21.8. The van der Waals surface area contributed by atoms with Gasteiger partial charge in [0.25, 0.3) is 0 Å². The van der Waals surface area contributed by atoms with E-state index in [1.165, 1.54) is 103 Å². The first-order chi connectivity index (χ1) is 56.3. The van der Waals surface area contributed by atoms with Crippen molar-refractivity contribution in [3.63, 3.8) is 0 Å². The summed E-state index contributed by atoms with van der Waals surface area (Å²) in [6.07, 6.45) is 5.70. The Balaban J connectivity index is 0.000000142. The van der Waals surface area contributed by atoms with Crippen molar-refractivity contribution in [2.24, 2.45) is 11.5 Å². The summed E-state index contributed by atoms with van der Waals surface area (Å²) in [5.41, 5.74) is 28.8. The Morgan fingerprint density at radius 3 is 0.930 bits per heavy atom. The monoisotopic (exact) mass is 1630 g/mol. The fraction of sp³-hybridized carbons (Fsp3) is 0.0680. The van der Waals surface area contributed by atoms with E-state index < -0.39 is 16.1 Å². The van der Waals surface area contributed by atoms with Gasteiger partial charge in [0.15, 0.2) is 27.3 Å². The molecular formula is C103H76Br2N4O3Si2. The van der Waals surface area contributed by atoms with Crippen LogP contribution in [0.15, 0.2) is 386 Å². The van der Waals surface area contributed by atoms with Crippen LogP contribution in [0.5, 0.6) is 0 Å². The molecule has 21 aromatic rings. The Hall–Kier alpha value is -12.2. The maximum atomic E-state index is 7.51. The zero-order chi connectivity index (χ0) is 76.2. The lowest BCUT2D eigenvalue weighted by molar-refractivity contribution is 0.385. The summed E-state index contributed by atoms with van der Waals surface area (Å²) in [7, 11) is -6.18. The first-order valence-corrected chi connectivity index (χ1v) is 45.0. The van der Waals surface area contributed by atoms with Gasteiger partial charge in [-0.25, -0.2) is 0 Å². The summed E-state index contributed by atoms with van der Waals surface area (Å²) < 4.78 is 28.8. The molecule has 2 atom stereocenters. The highest BCUT2D eigenvalue weighted by Crippen LogP contribution is 2.44. The van der Waals surface area contributed by atoms with Gasteiger partial charge in [-0.1, -0.05) is 344 Å². The highest BCUT2D eigenvalue weighted by molar-refractivity contribution is 9.11. The Bertz CT molecular complexity index is 6880. The van der Waals surface area contributed by atoms with Crippen LogP contribution in [0, 0.1) is 0 Å². The molecule has 114 heavy (non-hydrogen) atoms. The van der Waals surface area contributed by atoms with Gasteiger partial charge in [-0.05, 0) is 147 Å². The Labute approximate surface area is 678 Å². The standard InChI is InChI=1S/C60H38N2O2Si.C37H24Br2OSi.C6H14N2/c1-3-19-39(20-4-1)65(40-21-5-2-6-22-40,55-37-17-29-47-45-27-15-35-53(57(45)63-59(47)55)61-49-31-11-7-23-41(49)42-24-8-12-32-50(42)61)56-38-18-30-48-46-28-16-36-54(58(46)64-60(48)56)62-51-33-13-9-25-43(51)44-26-10-14-34-52(44)62;38-32-19-7-15-26-27-16-9-21-34(31(27)23-30(26)32)41(24-11-3-1-4-12-24,25-13-5-2-6-14-25)35-22-10-18-29-28-17-8-20-33(39)36(28)40-37(29)35;7-5-3-1-2-4-6(5)8/h1-38H;1-22H,23H2;5-6H,1-4,7-8H2. The van der Waals surface area contributed by atoms with Gasteiger partial charge < -0.3 is 33.9 Å². The predicted molar refractivity (Wildman–Crippen MR) is 489 cm³/mol. The Morgan fingerprint density at radius 2 is 0.535 bits per heavy atom. The van der Waals surface area contributed by atoms with Gasteiger partial charge in [-0.3, -0.25) is 0 Å². The summed E-state index contributed by atoms with van der Waals surface area (Å²) in [6.45, 7) is 0. The van der Waals surface area contributed by atoms with Crippen LogP contribution in [0.3, 0.4) is 0 Å². The van der Waals surface area contributed by atoms with E-state index in [2.05, 4.69) is 405 Å². The van der Waals surface area contributed by atoms with Crippen LogP contribution in [0.2, 0.25) is 0 Å². The van der Waals surface area contributed by atoms with Crippen LogP contribution in [0.1, 0.15) is 36.8 Å². The number of benzene rings is 16. The molecule has 2 unspecified atom stereocenters. The number of nitrogens with zero attached hydrogens (tertiary/aromatic N) is 2. The molecule has 0 radical (unpaired) electrons. The third-order valence-corrected chi connectivity index (χ3v) is 35.4. The number of nitrogens with two attached hydrogens (primary N) is 2. The van der Waals surface area contributed by atoms with Gasteiger partial charge in [0.05, 0.1) is 37.9 Å². The van der Waals surface area contributed by atoms with Crippen LogP contribution in [-0.4, -0.2) is 37.4 Å². The third-order valence-electron chi connectivity index (χ3n) is 24.4. The number of halogens is 2. The van der Waals surface area contributed by atoms with Crippen molar-refractivity contribution in [3.05, 3.63) is 384 Å². The van der Waals surface area contributed by atoms with E-state index in [4.69, 9.17) is 24.7 Å². The van der Waals surface area contributed by atoms with Crippen molar-refractivity contribution >= 4 is 199 Å². The van der Waals surface area contributed by atoms with Gasteiger partial charge >= 0.3 is 0 Å². The van der Waals surface area contributed by atoms with Crippen LogP contribution in [0.4, 0.5) is 0 Å². The number of aromatic nitrogens is 2. The van der Waals surface area contributed by atoms with Gasteiger partial charge in [0.2, 0.25) is 0 Å². The number of para-hydroxylation sites is 10. The maximum Gasteiger partial charge on any atom is 0.188 e. The molecule has 1 fully saturated rings. The molecule has 11 heteroatoms. The van der Waals surface area contributed by atoms with Crippen molar-refractivity contribution in [1.29, 1.82) is 0 Å². The molecule has 0 aliphatic heterocycles. The molecule has 2 aliphatic rings. The largest absolute Gasteiger partial charge is 0.455 e. The van der Waals surface area contributed by atoms with Gasteiger partial charge in [0.1, 0.15) is 22.3 Å². The van der Waals surface area contributed by atoms with E-state index in [1.807, 2.05) is 0 Å². The van der Waals surface area contributed by atoms with Crippen molar-refractivity contribution in [1.82, 2.24) is 9.13 Å². The van der Waals surface area contributed by atoms with Crippen molar-refractivity contribution in [2.75, 3.05) is 0 Å². The fourth-order valence-electron chi connectivity index (χ4n) is 19.4. The summed E-state index contributed by atoms with van der Waals surface area (Å²) in [6, 6.07) is 133. The number of fused-ring (bicyclic) bond motifs is 18. The third kappa shape index (κ3) is 10.9. The van der Waals surface area contributed by atoms with E-state index in [1.54, 1.807) is 0 Å². The van der Waals surface area contributed by atoms with E-state index in [0.29, 0.717) is 0 Å². The van der Waals surface area contributed by atoms with Crippen LogP contribution in [-0.2, 0) is 6.42 Å². The number of rotatable bonds is 10. The fourth-order valence-corrected chi connectivity index (χ4v) is 30.5. The zero-order valence-corrected chi connectivity index (χ0v) is 67.5. The smallest absolute Gasteiger partial charge is 0.188 e. The summed E-state index contributed by atoms with van der Waals surface area (Å²) >= 11 is 7.63. The van der Waals surface area contributed by atoms with Crippen LogP contribution >= 0.6 is 31.9 Å². The normalized spacial score (nSPS) is 14.3. The minimum Gasteiger partial charge on any atom is -0.455 e. The lowest BCUT2D eigenvalue weighted by Crippen LogP contribution is -2.75. The van der Waals surface area contributed by atoms with E-state index in [9.17, 15) is 0 Å². The second-order valence-corrected chi connectivity index (χ2v) is 39.5. The molecule has 2 aliphatic carbocycles. The molecule has 7 nitrogen and oxygen atoms in total. The average molecular weight is 1630 g/mol. The SMILES string of the molecule is Brc1cccc2c1Cc1c-2cccc1[Si](c1ccccc1)(c1ccccc1)c1cccc2c1oc1c(Br)cccc12.NC1CCCCC1N.c1ccc([Si](c2ccccc2)(c2cccc3c2oc2c(-n4c5ccccc5c5ccccc54)cccc23)c2cccc3c2oc2c(-n4c5ccccc5c5ccccc54)cccc23)cc1. The quantitative estimate of drug-likeness (QED) is 0.105. The second-order valence-electron chi connectivity index (χ2n) is 30.4. The molecule has 0 spiro atoms. The van der Waals surface area contributed by atoms with E-state index >= 15 is 0 Å². The molecular weight excluding hydrogens is 1560 g/mol. The minimum atomic E-state index is -3.30. The predicted octanol–water partition coefficient (Wildman–Crippen LogP) is 21.3. The molecule has 5 aromatic heterocycles. The van der Waals surface area contributed by atoms with Gasteiger partial charge in [0, 0.05) is 70.4 Å². The number of furan rings is 3. The number of hydrogen-bond acceptors (Lipinski definition) is 5. The molecule has 548 valence electrons. The molecule has 16 aromatic carbocycles. The maximum absolute atomic E-state index is 7.51. The molecule has 0 bridgehead atoms. The first kappa shape index (κ1) is 69.8. The van der Waals surface area contributed by atoms with Crippen LogP contribution in [0.25, 0.3) is 132 Å². The first-order valence-electron chi connectivity index (χ1n) is 39.4. The summed E-state index contributed by atoms with van der Waals surface area (Å²) in [4.78, 5) is 0. The van der Waals surface area contributed by atoms with Crippen molar-refractivity contribution in [2.45, 2.75) is 44.2 Å². The van der Waals surface area contributed by atoms with E-state index in [0.717, 1.165) is 123 Å². The molecule has 0 saturated heterocycles. The van der Waals surface area contributed by atoms with Crippen molar-refractivity contribution in [3.8, 4) is 22.5 Å². The Morgan fingerprint density at radius 1 is 0.254 bits per heavy atom. The topological polar surface area (TPSA) is 101 Å².